The van der Waals surface area contributed by atoms with E-state index in [1.54, 1.807) is 0 Å². The Morgan fingerprint density at radius 3 is 1.89 bits per heavy atom. The summed E-state index contributed by atoms with van der Waals surface area (Å²) < 4.78 is 0. The molecule has 18 heavy (non-hydrogen) atoms. The van der Waals surface area contributed by atoms with Gasteiger partial charge in [0.15, 0.2) is 0 Å². The van der Waals surface area contributed by atoms with Gasteiger partial charge < -0.3 is 5.73 Å². The summed E-state index contributed by atoms with van der Waals surface area (Å²) in [6, 6.07) is 0.521. The first-order chi connectivity index (χ1) is 8.43. The Morgan fingerprint density at radius 2 is 1.28 bits per heavy atom. The first-order valence-corrected chi connectivity index (χ1v) is 8.19. The molecule has 0 aliphatic heterocycles. The molecule has 0 aromatic rings. The molecule has 1 nitrogen and oxygen atoms in total. The molecule has 0 amide bonds. The quantitative estimate of drug-likeness (QED) is 0.705. The van der Waals surface area contributed by atoms with Crippen LogP contribution in [0.4, 0.5) is 0 Å². The van der Waals surface area contributed by atoms with E-state index in [0.29, 0.717) is 16.9 Å². The Balaban J connectivity index is 1.95. The summed E-state index contributed by atoms with van der Waals surface area (Å²) in [5.74, 6) is 0.835. The third-order valence-corrected chi connectivity index (χ3v) is 5.69. The average Bonchev–Trinajstić information content (AvgIpc) is 3.00. The Kier molecular flexibility index (Phi) is 4.41. The first-order valence-electron chi connectivity index (χ1n) is 8.19. The van der Waals surface area contributed by atoms with Gasteiger partial charge in [-0.1, -0.05) is 52.9 Å². The van der Waals surface area contributed by atoms with Crippen LogP contribution < -0.4 is 5.73 Å². The highest BCUT2D eigenvalue weighted by atomic mass is 14.8. The molecule has 0 spiro atoms. The number of nitrogens with two attached hydrogens (primary N) is 1. The third-order valence-electron chi connectivity index (χ3n) is 5.69. The molecule has 106 valence electrons. The van der Waals surface area contributed by atoms with Gasteiger partial charge in [0.2, 0.25) is 0 Å². The molecule has 0 heterocycles. The van der Waals surface area contributed by atoms with E-state index in [9.17, 15) is 0 Å². The van der Waals surface area contributed by atoms with Crippen LogP contribution in [-0.2, 0) is 0 Å². The molecule has 0 aromatic carbocycles. The lowest BCUT2D eigenvalue weighted by molar-refractivity contribution is 0.194. The number of hydrogen-bond donors (Lipinski definition) is 1. The van der Waals surface area contributed by atoms with Crippen LogP contribution in [0.2, 0.25) is 0 Å². The van der Waals surface area contributed by atoms with Crippen molar-refractivity contribution >= 4 is 0 Å². The van der Waals surface area contributed by atoms with E-state index < -0.39 is 0 Å². The Hall–Kier alpha value is -0.0400. The van der Waals surface area contributed by atoms with Gasteiger partial charge in [-0.3, -0.25) is 0 Å². The molecule has 0 saturated heterocycles. The van der Waals surface area contributed by atoms with Gasteiger partial charge in [-0.05, 0) is 48.9 Å². The van der Waals surface area contributed by atoms with Gasteiger partial charge in [0, 0.05) is 6.04 Å². The molecule has 2 aliphatic rings. The fourth-order valence-electron chi connectivity index (χ4n) is 4.09. The maximum Gasteiger partial charge on any atom is 0.00763 e. The second kappa shape index (κ2) is 5.53. The van der Waals surface area contributed by atoms with Crippen molar-refractivity contribution in [2.24, 2.45) is 22.5 Å². The summed E-state index contributed by atoms with van der Waals surface area (Å²) in [6.07, 6.45) is 14.1. The average molecular weight is 251 g/mol. The van der Waals surface area contributed by atoms with Crippen LogP contribution in [0.25, 0.3) is 0 Å². The molecule has 2 rings (SSSR count). The number of rotatable bonds is 1. The summed E-state index contributed by atoms with van der Waals surface area (Å²) in [5, 5.41) is 0. The SMILES string of the molecule is CC1(C)CCCCCCC(C)(C2CC2N)CCC1. The lowest BCUT2D eigenvalue weighted by atomic mass is 9.74. The zero-order chi connectivity index (χ0) is 13.2. The molecule has 3 atom stereocenters. The summed E-state index contributed by atoms with van der Waals surface area (Å²) in [7, 11) is 0. The minimum absolute atomic E-state index is 0.521. The molecular weight excluding hydrogens is 218 g/mol. The number of hydrogen-bond acceptors (Lipinski definition) is 1. The van der Waals surface area contributed by atoms with Crippen LogP contribution in [0.15, 0.2) is 0 Å². The van der Waals surface area contributed by atoms with E-state index in [-0.39, 0.29) is 0 Å². The predicted octanol–water partition coefficient (Wildman–Crippen LogP) is 4.89. The lowest BCUT2D eigenvalue weighted by Gasteiger charge is -2.32. The largest absolute Gasteiger partial charge is 0.327 e. The van der Waals surface area contributed by atoms with Gasteiger partial charge >= 0.3 is 0 Å². The zero-order valence-electron chi connectivity index (χ0n) is 12.8. The molecule has 2 fully saturated rings. The highest BCUT2D eigenvalue weighted by Crippen LogP contribution is 2.51. The Labute approximate surface area is 114 Å². The minimum atomic E-state index is 0.521. The van der Waals surface area contributed by atoms with Crippen molar-refractivity contribution in [2.75, 3.05) is 0 Å². The Bertz CT molecular complexity index is 271. The second-order valence-corrected chi connectivity index (χ2v) is 8.09. The minimum Gasteiger partial charge on any atom is -0.327 e. The molecular formula is C17H33N. The molecule has 0 radical (unpaired) electrons. The van der Waals surface area contributed by atoms with Gasteiger partial charge in [0.25, 0.3) is 0 Å². The van der Waals surface area contributed by atoms with Crippen molar-refractivity contribution in [1.82, 2.24) is 0 Å². The van der Waals surface area contributed by atoms with E-state index in [0.717, 1.165) is 5.92 Å². The van der Waals surface area contributed by atoms with Crippen molar-refractivity contribution in [1.29, 1.82) is 0 Å². The molecule has 2 saturated carbocycles. The fraction of sp³-hybridized carbons (Fsp3) is 1.00. The van der Waals surface area contributed by atoms with E-state index in [4.69, 9.17) is 5.73 Å². The summed E-state index contributed by atoms with van der Waals surface area (Å²) in [4.78, 5) is 0. The summed E-state index contributed by atoms with van der Waals surface area (Å²) >= 11 is 0. The van der Waals surface area contributed by atoms with Crippen molar-refractivity contribution in [2.45, 2.75) is 91.0 Å². The van der Waals surface area contributed by atoms with Crippen LogP contribution in [0, 0.1) is 16.7 Å². The van der Waals surface area contributed by atoms with E-state index in [1.807, 2.05) is 0 Å². The summed E-state index contributed by atoms with van der Waals surface area (Å²) in [6.45, 7) is 7.45. The molecule has 2 N–H and O–H groups in total. The van der Waals surface area contributed by atoms with Gasteiger partial charge in [0.1, 0.15) is 0 Å². The molecule has 3 unspecified atom stereocenters. The third kappa shape index (κ3) is 3.73. The highest BCUT2D eigenvalue weighted by Gasteiger charge is 2.47. The van der Waals surface area contributed by atoms with Gasteiger partial charge in [0.05, 0.1) is 0 Å². The Morgan fingerprint density at radius 1 is 0.778 bits per heavy atom. The van der Waals surface area contributed by atoms with Crippen molar-refractivity contribution < 1.29 is 0 Å². The normalized spacial score (nSPS) is 42.0. The second-order valence-electron chi connectivity index (χ2n) is 8.09. The van der Waals surface area contributed by atoms with E-state index >= 15 is 0 Å². The molecule has 0 aromatic heterocycles. The van der Waals surface area contributed by atoms with Crippen LogP contribution >= 0.6 is 0 Å². The van der Waals surface area contributed by atoms with Crippen LogP contribution in [0.1, 0.15) is 85.0 Å². The van der Waals surface area contributed by atoms with E-state index in [1.165, 1.54) is 64.2 Å². The molecule has 1 heteroatoms. The monoisotopic (exact) mass is 251 g/mol. The standard InChI is InChI=1S/C17H33N/c1-16(2)9-6-4-5-7-11-17(3,12-8-10-16)14-13-15(14)18/h14-15H,4-13,18H2,1-3H3. The fourth-order valence-corrected chi connectivity index (χ4v) is 4.09. The van der Waals surface area contributed by atoms with Crippen molar-refractivity contribution in [3.8, 4) is 0 Å². The predicted molar refractivity (Wildman–Crippen MR) is 79.5 cm³/mol. The molecule has 0 bridgehead atoms. The van der Waals surface area contributed by atoms with Crippen molar-refractivity contribution in [3.63, 3.8) is 0 Å². The van der Waals surface area contributed by atoms with Gasteiger partial charge in [-0.25, -0.2) is 0 Å². The zero-order valence-corrected chi connectivity index (χ0v) is 12.8. The van der Waals surface area contributed by atoms with Gasteiger partial charge in [-0.2, -0.15) is 0 Å². The van der Waals surface area contributed by atoms with Crippen LogP contribution in [0.5, 0.6) is 0 Å². The topological polar surface area (TPSA) is 26.0 Å². The van der Waals surface area contributed by atoms with Crippen molar-refractivity contribution in [3.05, 3.63) is 0 Å². The molecule has 2 aliphatic carbocycles. The highest BCUT2D eigenvalue weighted by molar-refractivity contribution is 5.01. The maximum absolute atomic E-state index is 6.13. The lowest BCUT2D eigenvalue weighted by Crippen LogP contribution is -2.24. The van der Waals surface area contributed by atoms with Crippen LogP contribution in [-0.4, -0.2) is 6.04 Å². The smallest absolute Gasteiger partial charge is 0.00763 e. The van der Waals surface area contributed by atoms with Gasteiger partial charge in [-0.15, -0.1) is 0 Å². The first kappa shape index (κ1) is 14.4. The maximum atomic E-state index is 6.13. The van der Waals surface area contributed by atoms with Crippen LogP contribution in [0.3, 0.4) is 0 Å². The summed E-state index contributed by atoms with van der Waals surface area (Å²) in [5.41, 5.74) is 7.25. The van der Waals surface area contributed by atoms with E-state index in [2.05, 4.69) is 20.8 Å².